The van der Waals surface area contributed by atoms with E-state index < -0.39 is 5.54 Å². The number of nitrogens with two attached hydrogens (primary N) is 1. The van der Waals surface area contributed by atoms with Crippen LogP contribution in [0.3, 0.4) is 0 Å². The van der Waals surface area contributed by atoms with E-state index in [0.29, 0.717) is 6.04 Å². The van der Waals surface area contributed by atoms with E-state index in [1.54, 1.807) is 25.6 Å². The molecule has 2 aliphatic rings. The smallest absolute Gasteiger partial charge is 0.242 e. The van der Waals surface area contributed by atoms with Gasteiger partial charge in [-0.2, -0.15) is 0 Å². The Morgan fingerprint density at radius 1 is 1.56 bits per heavy atom. The molecular weight excluding hydrogens is 222 g/mol. The Hall–Kier alpha value is -0.710. The van der Waals surface area contributed by atoms with Gasteiger partial charge < -0.3 is 11.1 Å². The molecule has 0 aromatic carbocycles. The zero-order valence-corrected chi connectivity index (χ0v) is 10.6. The number of hydrogen-bond donors (Lipinski definition) is 2. The van der Waals surface area contributed by atoms with Gasteiger partial charge in [0.1, 0.15) is 5.54 Å². The van der Waals surface area contributed by atoms with Gasteiger partial charge in [0.15, 0.2) is 5.17 Å². The number of nitrogens with one attached hydrogen (secondary N) is 1. The standard InChI is InChI=1S/C11H19N3OS/c1-11(2,9(12)15)14-10-13-8-5-3-4-7(8)6-16-10/h7-8H,3-6H2,1-2H3,(H2,12,15)(H,13,14). The van der Waals surface area contributed by atoms with Gasteiger partial charge in [0.25, 0.3) is 0 Å². The van der Waals surface area contributed by atoms with E-state index in [9.17, 15) is 4.79 Å². The molecule has 1 saturated carbocycles. The van der Waals surface area contributed by atoms with E-state index in [2.05, 4.69) is 10.3 Å². The minimum atomic E-state index is -0.711. The van der Waals surface area contributed by atoms with Crippen LogP contribution < -0.4 is 11.1 Å². The van der Waals surface area contributed by atoms with E-state index >= 15 is 0 Å². The summed E-state index contributed by atoms with van der Waals surface area (Å²) in [4.78, 5) is 15.9. The first-order valence-corrected chi connectivity index (χ1v) is 6.76. The first-order chi connectivity index (χ1) is 7.49. The first kappa shape index (κ1) is 11.8. The fraction of sp³-hybridized carbons (Fsp3) is 0.818. The Morgan fingerprint density at radius 3 is 3.00 bits per heavy atom. The van der Waals surface area contributed by atoms with E-state index in [-0.39, 0.29) is 5.91 Å². The molecule has 0 aromatic heterocycles. The molecule has 90 valence electrons. The Morgan fingerprint density at radius 2 is 2.31 bits per heavy atom. The zero-order valence-electron chi connectivity index (χ0n) is 9.82. The third-order valence-electron chi connectivity index (χ3n) is 3.37. The average molecular weight is 241 g/mol. The number of rotatable bonds is 2. The minimum Gasteiger partial charge on any atom is -0.368 e. The van der Waals surface area contributed by atoms with Crippen LogP contribution in [0.15, 0.2) is 4.99 Å². The molecule has 2 rings (SSSR count). The highest BCUT2D eigenvalue weighted by atomic mass is 32.2. The van der Waals surface area contributed by atoms with Gasteiger partial charge in [-0.25, -0.2) is 0 Å². The number of nitrogens with zero attached hydrogens (tertiary/aromatic N) is 1. The minimum absolute atomic E-state index is 0.343. The summed E-state index contributed by atoms with van der Waals surface area (Å²) in [7, 11) is 0. The lowest BCUT2D eigenvalue weighted by Crippen LogP contribution is -2.53. The van der Waals surface area contributed by atoms with Crippen LogP contribution in [0.5, 0.6) is 0 Å². The number of amidine groups is 1. The quantitative estimate of drug-likeness (QED) is 0.761. The number of thioether (sulfide) groups is 1. The molecule has 0 aromatic rings. The molecule has 2 unspecified atom stereocenters. The lowest BCUT2D eigenvalue weighted by molar-refractivity contribution is -0.122. The second-order valence-corrected chi connectivity index (χ2v) is 6.13. The Balaban J connectivity index is 2.03. The number of aliphatic imine (C=N–C) groups is 1. The number of carbonyl (C=O) groups excluding carboxylic acids is 1. The molecule has 2 atom stereocenters. The molecule has 0 saturated heterocycles. The summed E-state index contributed by atoms with van der Waals surface area (Å²) in [6, 6.07) is 0.465. The third kappa shape index (κ3) is 2.34. The molecule has 1 amide bonds. The first-order valence-electron chi connectivity index (χ1n) is 5.78. The molecule has 0 radical (unpaired) electrons. The van der Waals surface area contributed by atoms with Gasteiger partial charge in [-0.1, -0.05) is 18.2 Å². The Bertz CT molecular complexity index is 327. The third-order valence-corrected chi connectivity index (χ3v) is 4.45. The van der Waals surface area contributed by atoms with Gasteiger partial charge >= 0.3 is 0 Å². The van der Waals surface area contributed by atoms with Crippen LogP contribution in [-0.2, 0) is 4.79 Å². The van der Waals surface area contributed by atoms with Crippen molar-refractivity contribution in [2.24, 2.45) is 16.6 Å². The summed E-state index contributed by atoms with van der Waals surface area (Å²) >= 11 is 1.72. The van der Waals surface area contributed by atoms with Crippen LogP contribution in [0.25, 0.3) is 0 Å². The molecule has 1 heterocycles. The van der Waals surface area contributed by atoms with Gasteiger partial charge in [-0.05, 0) is 32.6 Å². The molecule has 3 N–H and O–H groups in total. The average Bonchev–Trinajstić information content (AvgIpc) is 2.63. The van der Waals surface area contributed by atoms with Gasteiger partial charge in [0.05, 0.1) is 6.04 Å². The normalized spacial score (nSPS) is 29.5. The second kappa shape index (κ2) is 4.28. The highest BCUT2D eigenvalue weighted by Crippen LogP contribution is 2.35. The maximum Gasteiger partial charge on any atom is 0.242 e. The number of hydrogen-bond acceptors (Lipinski definition) is 4. The lowest BCUT2D eigenvalue weighted by Gasteiger charge is -2.29. The predicted molar refractivity (Wildman–Crippen MR) is 67.4 cm³/mol. The molecule has 4 nitrogen and oxygen atoms in total. The number of fused-ring (bicyclic) bond motifs is 1. The molecule has 0 bridgehead atoms. The lowest BCUT2D eigenvalue weighted by atomic mass is 10.1. The van der Waals surface area contributed by atoms with Gasteiger partial charge in [-0.15, -0.1) is 0 Å². The van der Waals surface area contributed by atoms with Crippen molar-refractivity contribution in [3.63, 3.8) is 0 Å². The Labute approximate surface area is 100 Å². The summed E-state index contributed by atoms with van der Waals surface area (Å²) in [5.74, 6) is 1.52. The summed E-state index contributed by atoms with van der Waals surface area (Å²) in [5, 5.41) is 4.03. The molecule has 1 aliphatic carbocycles. The summed E-state index contributed by atoms with van der Waals surface area (Å²) < 4.78 is 0. The Kier molecular flexibility index (Phi) is 3.15. The van der Waals surface area contributed by atoms with Crippen molar-refractivity contribution in [1.29, 1.82) is 0 Å². The molecule has 5 heteroatoms. The summed E-state index contributed by atoms with van der Waals surface area (Å²) in [5.41, 5.74) is 4.62. The largest absolute Gasteiger partial charge is 0.368 e. The van der Waals surface area contributed by atoms with Crippen LogP contribution in [0.4, 0.5) is 0 Å². The monoisotopic (exact) mass is 241 g/mol. The van der Waals surface area contributed by atoms with E-state index in [4.69, 9.17) is 5.73 Å². The molecule has 1 fully saturated rings. The molecule has 16 heavy (non-hydrogen) atoms. The van der Waals surface area contributed by atoms with Crippen molar-refractivity contribution in [3.05, 3.63) is 0 Å². The predicted octanol–water partition coefficient (Wildman–Crippen LogP) is 1.11. The van der Waals surface area contributed by atoms with Crippen LogP contribution >= 0.6 is 11.8 Å². The number of amides is 1. The molecular formula is C11H19N3OS. The fourth-order valence-corrected chi connectivity index (χ4v) is 3.45. The fourth-order valence-electron chi connectivity index (χ4n) is 2.15. The van der Waals surface area contributed by atoms with Gasteiger partial charge in [0, 0.05) is 5.75 Å². The highest BCUT2D eigenvalue weighted by molar-refractivity contribution is 8.13. The maximum atomic E-state index is 11.2. The molecule has 1 aliphatic heterocycles. The van der Waals surface area contributed by atoms with Crippen molar-refractivity contribution in [2.45, 2.75) is 44.7 Å². The van der Waals surface area contributed by atoms with E-state index in [1.165, 1.54) is 19.3 Å². The topological polar surface area (TPSA) is 67.5 Å². The summed E-state index contributed by atoms with van der Waals surface area (Å²) in [6.45, 7) is 3.58. The van der Waals surface area contributed by atoms with Crippen LogP contribution in [0.2, 0.25) is 0 Å². The SMILES string of the molecule is CC(C)(NC1=NC2CCCC2CS1)C(N)=O. The van der Waals surface area contributed by atoms with Crippen molar-refractivity contribution in [2.75, 3.05) is 5.75 Å². The zero-order chi connectivity index (χ0) is 11.8. The van der Waals surface area contributed by atoms with Crippen molar-refractivity contribution >= 4 is 22.8 Å². The van der Waals surface area contributed by atoms with E-state index in [0.717, 1.165) is 16.8 Å². The van der Waals surface area contributed by atoms with Gasteiger partial charge in [-0.3, -0.25) is 9.79 Å². The number of primary amides is 1. The van der Waals surface area contributed by atoms with Crippen molar-refractivity contribution < 1.29 is 4.79 Å². The van der Waals surface area contributed by atoms with Crippen molar-refractivity contribution in [1.82, 2.24) is 5.32 Å². The number of carbonyl (C=O) groups is 1. The highest BCUT2D eigenvalue weighted by Gasteiger charge is 2.33. The van der Waals surface area contributed by atoms with Crippen LogP contribution in [0, 0.1) is 5.92 Å². The maximum absolute atomic E-state index is 11.2. The van der Waals surface area contributed by atoms with Crippen LogP contribution in [-0.4, -0.2) is 28.4 Å². The van der Waals surface area contributed by atoms with Gasteiger partial charge in [0.2, 0.25) is 5.91 Å². The van der Waals surface area contributed by atoms with Crippen molar-refractivity contribution in [3.8, 4) is 0 Å². The summed E-state index contributed by atoms with van der Waals surface area (Å²) in [6.07, 6.45) is 3.77. The molecule has 0 spiro atoms. The van der Waals surface area contributed by atoms with Crippen LogP contribution in [0.1, 0.15) is 33.1 Å². The second-order valence-electron chi connectivity index (χ2n) is 5.12. The van der Waals surface area contributed by atoms with E-state index in [1.807, 2.05) is 0 Å².